The molecule has 1 saturated heterocycles. The highest BCUT2D eigenvalue weighted by Gasteiger charge is 2.15. The summed E-state index contributed by atoms with van der Waals surface area (Å²) >= 11 is 0. The molecule has 4 heteroatoms. The molecule has 2 heterocycles. The smallest absolute Gasteiger partial charge is 0.0492 e. The first kappa shape index (κ1) is 13.6. The molecule has 1 aliphatic rings. The van der Waals surface area contributed by atoms with Crippen molar-refractivity contribution >= 4 is 0 Å². The van der Waals surface area contributed by atoms with E-state index in [0.717, 1.165) is 13.0 Å². The molecule has 1 aromatic rings. The second kappa shape index (κ2) is 6.90. The van der Waals surface area contributed by atoms with E-state index in [1.165, 1.54) is 44.6 Å². The van der Waals surface area contributed by atoms with E-state index in [0.29, 0.717) is 6.04 Å². The van der Waals surface area contributed by atoms with Gasteiger partial charge in [0.2, 0.25) is 0 Å². The first-order valence-electron chi connectivity index (χ1n) is 7.22. The third kappa shape index (κ3) is 3.82. The minimum Gasteiger partial charge on any atom is -0.314 e. The molecule has 1 aromatic heterocycles. The Morgan fingerprint density at radius 1 is 1.39 bits per heavy atom. The van der Waals surface area contributed by atoms with E-state index < -0.39 is 0 Å². The van der Waals surface area contributed by atoms with Crippen LogP contribution in [0.5, 0.6) is 0 Å². The van der Waals surface area contributed by atoms with Crippen LogP contribution in [0.2, 0.25) is 0 Å². The minimum absolute atomic E-state index is 0.703. The Morgan fingerprint density at radius 3 is 3.00 bits per heavy atom. The molecule has 0 bridgehead atoms. The van der Waals surface area contributed by atoms with E-state index in [-0.39, 0.29) is 0 Å². The highest BCUT2D eigenvalue weighted by atomic mass is 15.3. The van der Waals surface area contributed by atoms with Crippen molar-refractivity contribution in [2.45, 2.75) is 38.6 Å². The molecule has 1 atom stereocenters. The van der Waals surface area contributed by atoms with E-state index in [4.69, 9.17) is 0 Å². The van der Waals surface area contributed by atoms with Crippen LogP contribution >= 0.6 is 0 Å². The standard InChI is InChI=1S/C14H26N4/c1-3-18-11-4-5-13(8-12-18)15-9-6-14-7-10-16-17(14)2/h7,10,13,15H,3-6,8-9,11-12H2,1-2H3. The predicted octanol–water partition coefficient (Wildman–Crippen LogP) is 1.43. The monoisotopic (exact) mass is 250 g/mol. The summed E-state index contributed by atoms with van der Waals surface area (Å²) in [4.78, 5) is 2.56. The Hall–Kier alpha value is -0.870. The molecule has 2 rings (SSSR count). The second-order valence-electron chi connectivity index (χ2n) is 5.21. The highest BCUT2D eigenvalue weighted by Crippen LogP contribution is 2.10. The third-order valence-corrected chi connectivity index (χ3v) is 4.00. The molecule has 102 valence electrons. The van der Waals surface area contributed by atoms with Crippen molar-refractivity contribution in [2.24, 2.45) is 7.05 Å². The average Bonchev–Trinajstić information content (AvgIpc) is 2.66. The van der Waals surface area contributed by atoms with Gasteiger partial charge in [0.1, 0.15) is 0 Å². The molecule has 18 heavy (non-hydrogen) atoms. The zero-order valence-electron chi connectivity index (χ0n) is 11.7. The number of nitrogens with one attached hydrogen (secondary N) is 1. The fourth-order valence-corrected chi connectivity index (χ4v) is 2.73. The maximum atomic E-state index is 4.20. The van der Waals surface area contributed by atoms with Gasteiger partial charge in [-0.3, -0.25) is 4.68 Å². The fourth-order valence-electron chi connectivity index (χ4n) is 2.73. The van der Waals surface area contributed by atoms with Crippen LogP contribution in [0, 0.1) is 0 Å². The maximum absolute atomic E-state index is 4.20. The summed E-state index contributed by atoms with van der Waals surface area (Å²) in [6.07, 6.45) is 6.89. The fraction of sp³-hybridized carbons (Fsp3) is 0.786. The maximum Gasteiger partial charge on any atom is 0.0492 e. The lowest BCUT2D eigenvalue weighted by Gasteiger charge is -2.18. The van der Waals surface area contributed by atoms with Crippen molar-refractivity contribution in [3.63, 3.8) is 0 Å². The van der Waals surface area contributed by atoms with Gasteiger partial charge >= 0.3 is 0 Å². The molecule has 0 amide bonds. The molecule has 1 N–H and O–H groups in total. The topological polar surface area (TPSA) is 33.1 Å². The summed E-state index contributed by atoms with van der Waals surface area (Å²) in [6.45, 7) is 7.05. The van der Waals surface area contributed by atoms with E-state index >= 15 is 0 Å². The largest absolute Gasteiger partial charge is 0.314 e. The van der Waals surface area contributed by atoms with Crippen molar-refractivity contribution in [3.8, 4) is 0 Å². The SMILES string of the molecule is CCN1CCCC(NCCc2ccnn2C)CC1. The highest BCUT2D eigenvalue weighted by molar-refractivity contribution is 5.00. The third-order valence-electron chi connectivity index (χ3n) is 4.00. The Bertz CT molecular complexity index is 347. The van der Waals surface area contributed by atoms with Crippen LogP contribution in [0.1, 0.15) is 31.9 Å². The summed E-state index contributed by atoms with van der Waals surface area (Å²) in [5.41, 5.74) is 1.31. The Kier molecular flexibility index (Phi) is 5.20. The van der Waals surface area contributed by atoms with Gasteiger partial charge in [-0.1, -0.05) is 6.92 Å². The van der Waals surface area contributed by atoms with Gasteiger partial charge in [0.25, 0.3) is 0 Å². The van der Waals surface area contributed by atoms with Crippen LogP contribution in [-0.4, -0.2) is 46.9 Å². The van der Waals surface area contributed by atoms with Crippen molar-refractivity contribution in [1.82, 2.24) is 20.0 Å². The summed E-state index contributed by atoms with van der Waals surface area (Å²) in [5, 5.41) is 7.90. The number of hydrogen-bond acceptors (Lipinski definition) is 3. The predicted molar refractivity (Wildman–Crippen MR) is 74.7 cm³/mol. The van der Waals surface area contributed by atoms with Crippen molar-refractivity contribution in [2.75, 3.05) is 26.2 Å². The van der Waals surface area contributed by atoms with Gasteiger partial charge in [-0.2, -0.15) is 5.10 Å². The van der Waals surface area contributed by atoms with Crippen LogP contribution in [0.15, 0.2) is 12.3 Å². The molecule has 4 nitrogen and oxygen atoms in total. The number of hydrogen-bond donors (Lipinski definition) is 1. The molecule has 1 unspecified atom stereocenters. The van der Waals surface area contributed by atoms with Gasteiger partial charge in [0, 0.05) is 37.9 Å². The first-order valence-corrected chi connectivity index (χ1v) is 7.22. The lowest BCUT2D eigenvalue weighted by Crippen LogP contribution is -2.32. The van der Waals surface area contributed by atoms with Gasteiger partial charge in [-0.25, -0.2) is 0 Å². The van der Waals surface area contributed by atoms with Crippen LogP contribution < -0.4 is 5.32 Å². The summed E-state index contributed by atoms with van der Waals surface area (Å²) in [5.74, 6) is 0. The number of aromatic nitrogens is 2. The van der Waals surface area contributed by atoms with Crippen molar-refractivity contribution in [3.05, 3.63) is 18.0 Å². The van der Waals surface area contributed by atoms with E-state index in [1.807, 2.05) is 17.9 Å². The van der Waals surface area contributed by atoms with Crippen LogP contribution in [-0.2, 0) is 13.5 Å². The minimum atomic E-state index is 0.703. The first-order chi connectivity index (χ1) is 8.79. The lowest BCUT2D eigenvalue weighted by atomic mass is 10.1. The zero-order valence-corrected chi connectivity index (χ0v) is 11.7. The summed E-state index contributed by atoms with van der Waals surface area (Å²) in [7, 11) is 2.01. The molecular weight excluding hydrogens is 224 g/mol. The quantitative estimate of drug-likeness (QED) is 0.858. The van der Waals surface area contributed by atoms with E-state index in [1.54, 1.807) is 0 Å². The zero-order chi connectivity index (χ0) is 12.8. The molecule has 1 fully saturated rings. The van der Waals surface area contributed by atoms with Crippen LogP contribution in [0.4, 0.5) is 0 Å². The molecule has 1 aliphatic heterocycles. The van der Waals surface area contributed by atoms with Crippen LogP contribution in [0.3, 0.4) is 0 Å². The van der Waals surface area contributed by atoms with Gasteiger partial charge in [-0.15, -0.1) is 0 Å². The van der Waals surface area contributed by atoms with Gasteiger partial charge in [-0.05, 0) is 45.0 Å². The molecular formula is C14H26N4. The van der Waals surface area contributed by atoms with Gasteiger partial charge < -0.3 is 10.2 Å². The van der Waals surface area contributed by atoms with Gasteiger partial charge in [0.05, 0.1) is 0 Å². The summed E-state index contributed by atoms with van der Waals surface area (Å²) < 4.78 is 1.97. The van der Waals surface area contributed by atoms with Gasteiger partial charge in [0.15, 0.2) is 0 Å². The van der Waals surface area contributed by atoms with Crippen molar-refractivity contribution in [1.29, 1.82) is 0 Å². The molecule has 0 saturated carbocycles. The molecule has 0 aliphatic carbocycles. The lowest BCUT2D eigenvalue weighted by molar-refractivity contribution is 0.297. The number of rotatable bonds is 5. The average molecular weight is 250 g/mol. The molecule has 0 spiro atoms. The van der Waals surface area contributed by atoms with Crippen LogP contribution in [0.25, 0.3) is 0 Å². The molecule has 0 radical (unpaired) electrons. The number of aryl methyl sites for hydroxylation is 1. The number of nitrogens with zero attached hydrogens (tertiary/aromatic N) is 3. The van der Waals surface area contributed by atoms with E-state index in [9.17, 15) is 0 Å². The second-order valence-corrected chi connectivity index (χ2v) is 5.21. The summed E-state index contributed by atoms with van der Waals surface area (Å²) in [6, 6.07) is 2.81. The Balaban J connectivity index is 1.69. The van der Waals surface area contributed by atoms with Crippen molar-refractivity contribution < 1.29 is 0 Å². The normalized spacial score (nSPS) is 22.0. The Labute approximate surface area is 110 Å². The number of likely N-dealkylation sites (tertiary alicyclic amines) is 1. The Morgan fingerprint density at radius 2 is 2.28 bits per heavy atom. The van der Waals surface area contributed by atoms with E-state index in [2.05, 4.69) is 28.3 Å². The molecule has 0 aromatic carbocycles.